The molecule has 0 radical (unpaired) electrons. The number of aliphatic hydroxyl groups is 1. The van der Waals surface area contributed by atoms with Crippen molar-refractivity contribution in [1.82, 2.24) is 14.7 Å². The van der Waals surface area contributed by atoms with E-state index in [1.54, 1.807) is 6.20 Å². The van der Waals surface area contributed by atoms with Crippen molar-refractivity contribution in [1.29, 1.82) is 0 Å². The first-order valence-electron chi connectivity index (χ1n) is 7.78. The number of hydrogen-bond donors (Lipinski definition) is 1. The Balaban J connectivity index is 1.51. The van der Waals surface area contributed by atoms with Crippen molar-refractivity contribution in [3.63, 3.8) is 0 Å². The van der Waals surface area contributed by atoms with Crippen LogP contribution in [0.4, 0.5) is 0 Å². The van der Waals surface area contributed by atoms with E-state index >= 15 is 0 Å². The van der Waals surface area contributed by atoms with Crippen LogP contribution >= 0.6 is 11.8 Å². The minimum atomic E-state index is -0.321. The second-order valence-corrected chi connectivity index (χ2v) is 7.77. The van der Waals surface area contributed by atoms with Gasteiger partial charge in [0.25, 0.3) is 0 Å². The molecular weight excluding hydrogens is 270 g/mol. The highest BCUT2D eigenvalue weighted by molar-refractivity contribution is 8.00. The van der Waals surface area contributed by atoms with Gasteiger partial charge in [-0.15, -0.1) is 0 Å². The van der Waals surface area contributed by atoms with E-state index in [1.807, 2.05) is 16.9 Å². The molecule has 1 aromatic heterocycles. The van der Waals surface area contributed by atoms with E-state index in [1.165, 1.54) is 37.9 Å². The number of thioether (sulfide) groups is 1. The van der Waals surface area contributed by atoms with Crippen LogP contribution < -0.4 is 0 Å². The first-order chi connectivity index (χ1) is 9.76. The standard InChI is InChI=1S/C15H25N3OS/c19-14(12-18-8-4-7-16-18)11-17-9-10-20-15(13-17)5-2-1-3-6-15/h4,7-8,14,19H,1-3,5-6,9-13H2. The Hall–Kier alpha value is -0.520. The number of β-amino-alcohol motifs (C(OH)–C–C–N with tert-alkyl or cyclic N) is 1. The largest absolute Gasteiger partial charge is 0.390 e. The number of rotatable bonds is 4. The van der Waals surface area contributed by atoms with Crippen LogP contribution in [0, 0.1) is 0 Å². The van der Waals surface area contributed by atoms with E-state index < -0.39 is 0 Å². The van der Waals surface area contributed by atoms with Gasteiger partial charge in [0.2, 0.25) is 0 Å². The molecule has 1 saturated heterocycles. The fraction of sp³-hybridized carbons (Fsp3) is 0.800. The fourth-order valence-electron chi connectivity index (χ4n) is 3.56. The summed E-state index contributed by atoms with van der Waals surface area (Å²) >= 11 is 2.18. The highest BCUT2D eigenvalue weighted by Gasteiger charge is 2.37. The second-order valence-electron chi connectivity index (χ2n) is 6.21. The molecule has 0 amide bonds. The van der Waals surface area contributed by atoms with Gasteiger partial charge >= 0.3 is 0 Å². The highest BCUT2D eigenvalue weighted by Crippen LogP contribution is 2.42. The molecule has 2 aliphatic rings. The van der Waals surface area contributed by atoms with Crippen molar-refractivity contribution in [3.8, 4) is 0 Å². The van der Waals surface area contributed by atoms with Crippen LogP contribution in [0.5, 0.6) is 0 Å². The maximum atomic E-state index is 10.3. The Labute approximate surface area is 125 Å². The molecule has 3 rings (SSSR count). The molecule has 1 saturated carbocycles. The minimum Gasteiger partial charge on any atom is -0.390 e. The van der Waals surface area contributed by atoms with Crippen molar-refractivity contribution in [2.75, 3.05) is 25.4 Å². The summed E-state index contributed by atoms with van der Waals surface area (Å²) in [5, 5.41) is 14.4. The third-order valence-corrected chi connectivity index (χ3v) is 6.05. The van der Waals surface area contributed by atoms with Crippen molar-refractivity contribution in [3.05, 3.63) is 18.5 Å². The topological polar surface area (TPSA) is 41.3 Å². The van der Waals surface area contributed by atoms with E-state index in [0.717, 1.165) is 19.6 Å². The quantitative estimate of drug-likeness (QED) is 0.922. The summed E-state index contributed by atoms with van der Waals surface area (Å²) in [5.41, 5.74) is 0. The van der Waals surface area contributed by atoms with Crippen LogP contribution in [-0.4, -0.2) is 56.0 Å². The van der Waals surface area contributed by atoms with Crippen molar-refractivity contribution in [2.45, 2.75) is 49.5 Å². The molecule has 1 aliphatic carbocycles. The summed E-state index contributed by atoms with van der Waals surface area (Å²) in [4.78, 5) is 2.47. The molecule has 1 aromatic rings. The first kappa shape index (κ1) is 14.4. The Morgan fingerprint density at radius 2 is 2.10 bits per heavy atom. The Bertz CT molecular complexity index is 398. The smallest absolute Gasteiger partial charge is 0.0862 e. The molecule has 1 aliphatic heterocycles. The summed E-state index contributed by atoms with van der Waals surface area (Å²) in [5.74, 6) is 1.22. The average molecular weight is 295 g/mol. The molecule has 1 spiro atoms. The van der Waals surface area contributed by atoms with Gasteiger partial charge in [-0.1, -0.05) is 19.3 Å². The number of nitrogens with zero attached hydrogens (tertiary/aromatic N) is 3. The lowest BCUT2D eigenvalue weighted by Gasteiger charge is -2.45. The Morgan fingerprint density at radius 3 is 2.85 bits per heavy atom. The van der Waals surface area contributed by atoms with Crippen LogP contribution in [0.3, 0.4) is 0 Å². The molecule has 1 N–H and O–H groups in total. The average Bonchev–Trinajstić information content (AvgIpc) is 2.92. The van der Waals surface area contributed by atoms with Crippen molar-refractivity contribution < 1.29 is 5.11 Å². The third-order valence-electron chi connectivity index (χ3n) is 4.52. The zero-order valence-corrected chi connectivity index (χ0v) is 12.9. The summed E-state index contributed by atoms with van der Waals surface area (Å²) in [7, 11) is 0. The van der Waals surface area contributed by atoms with Crippen molar-refractivity contribution in [2.24, 2.45) is 0 Å². The van der Waals surface area contributed by atoms with Crippen LogP contribution in [0.2, 0.25) is 0 Å². The van der Waals surface area contributed by atoms with Gasteiger partial charge in [0.1, 0.15) is 0 Å². The molecule has 1 unspecified atom stereocenters. The summed E-state index contributed by atoms with van der Waals surface area (Å²) in [6.07, 6.45) is 10.3. The van der Waals surface area contributed by atoms with Gasteiger partial charge in [-0.25, -0.2) is 0 Å². The molecule has 0 aromatic carbocycles. The monoisotopic (exact) mass is 295 g/mol. The van der Waals surface area contributed by atoms with Gasteiger partial charge in [-0.2, -0.15) is 16.9 Å². The predicted molar refractivity (Wildman–Crippen MR) is 82.9 cm³/mol. The molecule has 20 heavy (non-hydrogen) atoms. The van der Waals surface area contributed by atoms with E-state index in [9.17, 15) is 5.11 Å². The van der Waals surface area contributed by atoms with Gasteiger partial charge in [0.15, 0.2) is 0 Å². The Morgan fingerprint density at radius 1 is 1.25 bits per heavy atom. The summed E-state index contributed by atoms with van der Waals surface area (Å²) in [6, 6.07) is 1.90. The zero-order valence-electron chi connectivity index (χ0n) is 12.1. The van der Waals surface area contributed by atoms with E-state index in [2.05, 4.69) is 21.8 Å². The second kappa shape index (κ2) is 6.50. The van der Waals surface area contributed by atoms with E-state index in [-0.39, 0.29) is 6.10 Å². The zero-order chi connectivity index (χ0) is 13.8. The van der Waals surface area contributed by atoms with Crippen molar-refractivity contribution >= 4 is 11.8 Å². The molecule has 2 fully saturated rings. The lowest BCUT2D eigenvalue weighted by atomic mass is 9.87. The molecule has 5 heteroatoms. The predicted octanol–water partition coefficient (Wildman–Crippen LogP) is 2.00. The van der Waals surface area contributed by atoms with Crippen LogP contribution in [-0.2, 0) is 6.54 Å². The molecular formula is C15H25N3OS. The third kappa shape index (κ3) is 3.57. The molecule has 4 nitrogen and oxygen atoms in total. The maximum Gasteiger partial charge on any atom is 0.0862 e. The summed E-state index contributed by atoms with van der Waals surface area (Å²) < 4.78 is 2.31. The van der Waals surface area contributed by atoms with Gasteiger partial charge in [-0.3, -0.25) is 9.58 Å². The Kier molecular flexibility index (Phi) is 4.68. The molecule has 0 bridgehead atoms. The molecule has 2 heterocycles. The van der Waals surface area contributed by atoms with Crippen LogP contribution in [0.1, 0.15) is 32.1 Å². The number of aliphatic hydroxyl groups excluding tert-OH is 1. The minimum absolute atomic E-state index is 0.321. The fourth-order valence-corrected chi connectivity index (χ4v) is 5.19. The number of aromatic nitrogens is 2. The lowest BCUT2D eigenvalue weighted by Crippen LogP contribution is -2.50. The first-order valence-corrected chi connectivity index (χ1v) is 8.76. The van der Waals surface area contributed by atoms with E-state index in [0.29, 0.717) is 11.3 Å². The maximum absolute atomic E-state index is 10.3. The number of hydrogen-bond acceptors (Lipinski definition) is 4. The van der Waals surface area contributed by atoms with Gasteiger partial charge in [-0.05, 0) is 18.9 Å². The summed E-state index contributed by atoms with van der Waals surface area (Å²) in [6.45, 7) is 3.65. The van der Waals surface area contributed by atoms with E-state index in [4.69, 9.17) is 0 Å². The van der Waals surface area contributed by atoms with Gasteiger partial charge in [0.05, 0.1) is 12.6 Å². The molecule has 1 atom stereocenters. The van der Waals surface area contributed by atoms with Crippen LogP contribution in [0.25, 0.3) is 0 Å². The van der Waals surface area contributed by atoms with Gasteiger partial charge in [0, 0.05) is 42.5 Å². The van der Waals surface area contributed by atoms with Crippen LogP contribution in [0.15, 0.2) is 18.5 Å². The normalized spacial score (nSPS) is 24.9. The highest BCUT2D eigenvalue weighted by atomic mass is 32.2. The SMILES string of the molecule is OC(CN1CCSC2(CCCCC2)C1)Cn1cccn1. The van der Waals surface area contributed by atoms with Gasteiger partial charge < -0.3 is 5.11 Å². The molecule has 112 valence electrons. The lowest BCUT2D eigenvalue weighted by molar-refractivity contribution is 0.0872.